The summed E-state index contributed by atoms with van der Waals surface area (Å²) >= 11 is 15.2. The summed E-state index contributed by atoms with van der Waals surface area (Å²) in [6, 6.07) is 12.5. The summed E-state index contributed by atoms with van der Waals surface area (Å²) in [5, 5.41) is 3.83. The molecule has 0 aliphatic rings. The van der Waals surface area contributed by atoms with E-state index >= 15 is 0 Å². The molecule has 0 fully saturated rings. The maximum absolute atomic E-state index is 11.8. The smallest absolute Gasteiger partial charge is 0.258 e. The molecule has 0 aliphatic heterocycles. The molecule has 0 aromatic heterocycles. The summed E-state index contributed by atoms with van der Waals surface area (Å²) in [7, 11) is 0. The minimum atomic E-state index is -0.225. The largest absolute Gasteiger partial charge is 0.483 e. The fourth-order valence-corrected chi connectivity index (χ4v) is 2.49. The average Bonchev–Trinajstić information content (AvgIpc) is 2.45. The average molecular weight is 389 g/mol. The number of hydrogen-bond acceptors (Lipinski definition) is 2. The summed E-state index contributed by atoms with van der Waals surface area (Å²) in [5.41, 5.74) is 0.801. The molecule has 6 heteroatoms. The number of hydrogen-bond donors (Lipinski definition) is 1. The molecule has 1 N–H and O–H groups in total. The Bertz CT molecular complexity index is 649. The second-order valence-corrected chi connectivity index (χ2v) is 5.93. The van der Waals surface area contributed by atoms with E-state index in [1.807, 2.05) is 18.2 Å². The van der Waals surface area contributed by atoms with Gasteiger partial charge >= 0.3 is 0 Å². The molecule has 0 bridgehead atoms. The maximum atomic E-state index is 11.8. The third kappa shape index (κ3) is 4.92. The van der Waals surface area contributed by atoms with E-state index in [0.29, 0.717) is 22.3 Å². The molecule has 0 aliphatic carbocycles. The van der Waals surface area contributed by atoms with Gasteiger partial charge in [-0.15, -0.1) is 0 Å². The second-order valence-electron chi connectivity index (χ2n) is 4.23. The Labute approximate surface area is 141 Å². The van der Waals surface area contributed by atoms with Gasteiger partial charge in [-0.25, -0.2) is 0 Å². The van der Waals surface area contributed by atoms with Crippen molar-refractivity contribution in [3.05, 3.63) is 62.5 Å². The zero-order valence-corrected chi connectivity index (χ0v) is 14.0. The first-order valence-electron chi connectivity index (χ1n) is 6.14. The predicted molar refractivity (Wildman–Crippen MR) is 87.9 cm³/mol. The highest BCUT2D eigenvalue weighted by Crippen LogP contribution is 2.23. The SMILES string of the molecule is O=C(COc1ccccc1Br)NCc1ccc(Cl)cc1Cl. The van der Waals surface area contributed by atoms with Gasteiger partial charge in [0.1, 0.15) is 5.75 Å². The molecule has 21 heavy (non-hydrogen) atoms. The van der Waals surface area contributed by atoms with E-state index in [4.69, 9.17) is 27.9 Å². The van der Waals surface area contributed by atoms with Crippen LogP contribution >= 0.6 is 39.1 Å². The molecule has 2 rings (SSSR count). The summed E-state index contributed by atoms with van der Waals surface area (Å²) in [4.78, 5) is 11.8. The molecule has 0 atom stereocenters. The van der Waals surface area contributed by atoms with Crippen molar-refractivity contribution in [3.8, 4) is 5.75 Å². The van der Waals surface area contributed by atoms with Crippen LogP contribution in [0.2, 0.25) is 10.0 Å². The van der Waals surface area contributed by atoms with Gasteiger partial charge in [-0.1, -0.05) is 41.4 Å². The highest BCUT2D eigenvalue weighted by Gasteiger charge is 2.07. The van der Waals surface area contributed by atoms with Crippen molar-refractivity contribution in [2.24, 2.45) is 0 Å². The molecule has 110 valence electrons. The number of halogens is 3. The molecule has 0 spiro atoms. The topological polar surface area (TPSA) is 38.3 Å². The van der Waals surface area contributed by atoms with Gasteiger partial charge in [0.25, 0.3) is 5.91 Å². The Hall–Kier alpha value is -1.23. The van der Waals surface area contributed by atoms with Crippen molar-refractivity contribution in [3.63, 3.8) is 0 Å². The van der Waals surface area contributed by atoms with Crippen molar-refractivity contribution < 1.29 is 9.53 Å². The van der Waals surface area contributed by atoms with Gasteiger partial charge < -0.3 is 10.1 Å². The van der Waals surface area contributed by atoms with Crippen molar-refractivity contribution in [2.75, 3.05) is 6.61 Å². The number of rotatable bonds is 5. The van der Waals surface area contributed by atoms with E-state index in [0.717, 1.165) is 10.0 Å². The standard InChI is InChI=1S/C15H12BrCl2NO2/c16-12-3-1-2-4-14(12)21-9-15(20)19-8-10-5-6-11(17)7-13(10)18/h1-7H,8-9H2,(H,19,20). The van der Waals surface area contributed by atoms with Crippen molar-refractivity contribution in [1.82, 2.24) is 5.32 Å². The Morgan fingerprint density at radius 2 is 1.95 bits per heavy atom. The number of ether oxygens (including phenoxy) is 1. The molecule has 2 aromatic rings. The van der Waals surface area contributed by atoms with Crippen molar-refractivity contribution >= 4 is 45.0 Å². The lowest BCUT2D eigenvalue weighted by Gasteiger charge is -2.09. The van der Waals surface area contributed by atoms with Crippen LogP contribution in [-0.2, 0) is 11.3 Å². The molecular weight excluding hydrogens is 377 g/mol. The first kappa shape index (κ1) is 16.1. The Kier molecular flexibility index (Phi) is 5.91. The van der Waals surface area contributed by atoms with Gasteiger partial charge in [0.15, 0.2) is 6.61 Å². The fraction of sp³-hybridized carbons (Fsp3) is 0.133. The molecule has 0 unspecified atom stereocenters. The minimum Gasteiger partial charge on any atom is -0.483 e. The summed E-state index contributed by atoms with van der Waals surface area (Å²) in [6.07, 6.45) is 0. The fourth-order valence-electron chi connectivity index (χ4n) is 1.61. The molecule has 2 aromatic carbocycles. The number of para-hydroxylation sites is 1. The first-order chi connectivity index (χ1) is 10.1. The molecule has 3 nitrogen and oxygen atoms in total. The number of carbonyl (C=O) groups excluding carboxylic acids is 1. The van der Waals surface area contributed by atoms with Crippen LogP contribution in [0, 0.1) is 0 Å². The van der Waals surface area contributed by atoms with Crippen LogP contribution in [-0.4, -0.2) is 12.5 Å². The van der Waals surface area contributed by atoms with E-state index < -0.39 is 0 Å². The van der Waals surface area contributed by atoms with Crippen LogP contribution in [0.1, 0.15) is 5.56 Å². The van der Waals surface area contributed by atoms with Crippen LogP contribution in [0.25, 0.3) is 0 Å². The summed E-state index contributed by atoms with van der Waals surface area (Å²) in [5.74, 6) is 0.397. The zero-order valence-electron chi connectivity index (χ0n) is 10.9. The summed E-state index contributed by atoms with van der Waals surface area (Å²) < 4.78 is 6.23. The van der Waals surface area contributed by atoms with Gasteiger partial charge in [0.05, 0.1) is 4.47 Å². The summed E-state index contributed by atoms with van der Waals surface area (Å²) in [6.45, 7) is 0.266. The van der Waals surface area contributed by atoms with Crippen LogP contribution in [0.15, 0.2) is 46.9 Å². The highest BCUT2D eigenvalue weighted by molar-refractivity contribution is 9.10. The Balaban J connectivity index is 1.84. The van der Waals surface area contributed by atoms with Crippen molar-refractivity contribution in [1.29, 1.82) is 0 Å². The molecule has 0 radical (unpaired) electrons. The molecule has 0 saturated heterocycles. The van der Waals surface area contributed by atoms with E-state index in [9.17, 15) is 4.79 Å². The Morgan fingerprint density at radius 1 is 1.19 bits per heavy atom. The predicted octanol–water partition coefficient (Wildman–Crippen LogP) is 4.45. The lowest BCUT2D eigenvalue weighted by molar-refractivity contribution is -0.123. The maximum Gasteiger partial charge on any atom is 0.258 e. The lowest BCUT2D eigenvalue weighted by atomic mass is 10.2. The number of nitrogens with one attached hydrogen (secondary N) is 1. The molecular formula is C15H12BrCl2NO2. The quantitative estimate of drug-likeness (QED) is 0.821. The highest BCUT2D eigenvalue weighted by atomic mass is 79.9. The normalized spacial score (nSPS) is 10.2. The first-order valence-corrected chi connectivity index (χ1v) is 7.69. The van der Waals surface area contributed by atoms with Crippen LogP contribution in [0.4, 0.5) is 0 Å². The molecule has 0 saturated carbocycles. The third-order valence-electron chi connectivity index (χ3n) is 2.69. The van der Waals surface area contributed by atoms with Gasteiger partial charge in [-0.05, 0) is 45.8 Å². The number of benzene rings is 2. The van der Waals surface area contributed by atoms with Gasteiger partial charge in [0, 0.05) is 16.6 Å². The van der Waals surface area contributed by atoms with E-state index in [2.05, 4.69) is 21.2 Å². The molecule has 0 heterocycles. The zero-order chi connectivity index (χ0) is 15.2. The van der Waals surface area contributed by atoms with Gasteiger partial charge in [0.2, 0.25) is 0 Å². The Morgan fingerprint density at radius 3 is 2.67 bits per heavy atom. The second kappa shape index (κ2) is 7.69. The minimum absolute atomic E-state index is 0.0617. The monoisotopic (exact) mass is 387 g/mol. The van der Waals surface area contributed by atoms with Crippen molar-refractivity contribution in [2.45, 2.75) is 6.54 Å². The van der Waals surface area contributed by atoms with Crippen LogP contribution in [0.5, 0.6) is 5.75 Å². The van der Waals surface area contributed by atoms with Crippen LogP contribution in [0.3, 0.4) is 0 Å². The van der Waals surface area contributed by atoms with E-state index in [-0.39, 0.29) is 12.5 Å². The number of amides is 1. The van der Waals surface area contributed by atoms with Gasteiger partial charge in [-0.2, -0.15) is 0 Å². The van der Waals surface area contributed by atoms with E-state index in [1.54, 1.807) is 24.3 Å². The number of carbonyl (C=O) groups is 1. The molecule has 1 amide bonds. The van der Waals surface area contributed by atoms with E-state index in [1.165, 1.54) is 0 Å². The van der Waals surface area contributed by atoms with Gasteiger partial charge in [-0.3, -0.25) is 4.79 Å². The van der Waals surface area contributed by atoms with Crippen LogP contribution < -0.4 is 10.1 Å². The lowest BCUT2D eigenvalue weighted by Crippen LogP contribution is -2.28. The third-order valence-corrected chi connectivity index (χ3v) is 3.93.